The molecule has 3 N–H and O–H groups in total. The molecule has 1 aromatic heterocycles. The molecule has 1 fully saturated rings. The van der Waals surface area contributed by atoms with Crippen LogP contribution in [-0.2, 0) is 10.3 Å². The quantitative estimate of drug-likeness (QED) is 0.809. The molecule has 1 atom stereocenters. The number of carbonyl (C=O) groups is 2. The van der Waals surface area contributed by atoms with Gasteiger partial charge in [-0.1, -0.05) is 6.07 Å². The Morgan fingerprint density at radius 3 is 2.67 bits per heavy atom. The van der Waals surface area contributed by atoms with Crippen LogP contribution in [0.2, 0.25) is 0 Å². The van der Waals surface area contributed by atoms with E-state index in [9.17, 15) is 9.59 Å². The summed E-state index contributed by atoms with van der Waals surface area (Å²) in [4.78, 5) is 26.3. The van der Waals surface area contributed by atoms with Gasteiger partial charge in [0.05, 0.1) is 0 Å². The number of urea groups is 1. The van der Waals surface area contributed by atoms with E-state index in [0.717, 1.165) is 4.88 Å². The molecule has 0 aliphatic carbocycles. The van der Waals surface area contributed by atoms with Crippen LogP contribution in [0.3, 0.4) is 0 Å². The zero-order valence-electron chi connectivity index (χ0n) is 10.7. The first-order valence-electron chi connectivity index (χ1n) is 5.71. The van der Waals surface area contributed by atoms with E-state index < -0.39 is 11.1 Å². The van der Waals surface area contributed by atoms with Crippen LogP contribution in [0.5, 0.6) is 0 Å². The fourth-order valence-electron chi connectivity index (χ4n) is 1.98. The van der Waals surface area contributed by atoms with Crippen molar-refractivity contribution in [3.63, 3.8) is 0 Å². The predicted octanol–water partition coefficient (Wildman–Crippen LogP) is 1.25. The van der Waals surface area contributed by atoms with Gasteiger partial charge in [0.25, 0.3) is 5.91 Å². The second kappa shape index (κ2) is 4.07. The molecule has 0 aromatic carbocycles. The number of hydrogen-bond acceptors (Lipinski definition) is 4. The third kappa shape index (κ3) is 2.13. The Morgan fingerprint density at radius 2 is 2.17 bits per heavy atom. The summed E-state index contributed by atoms with van der Waals surface area (Å²) in [5, 5.41) is 4.63. The molecule has 0 spiro atoms. The Hall–Kier alpha value is -1.40. The molecule has 1 aromatic rings. The molecule has 1 unspecified atom stereocenters. The Morgan fingerprint density at radius 1 is 1.50 bits per heavy atom. The maximum absolute atomic E-state index is 12.4. The van der Waals surface area contributed by atoms with Crippen LogP contribution in [0.1, 0.15) is 25.6 Å². The monoisotopic (exact) mass is 267 g/mol. The Balaban J connectivity index is 2.29. The minimum Gasteiger partial charge on any atom is -0.324 e. The Kier molecular flexibility index (Phi) is 2.95. The maximum Gasteiger partial charge on any atom is 0.325 e. The SMILES string of the molecule is CC(C)(N)CN1C(=O)NC(C)(c2cccs2)C1=O. The number of hydrogen-bond donors (Lipinski definition) is 2. The highest BCUT2D eigenvalue weighted by atomic mass is 32.1. The van der Waals surface area contributed by atoms with Gasteiger partial charge < -0.3 is 11.1 Å². The first-order chi connectivity index (χ1) is 8.24. The predicted molar refractivity (Wildman–Crippen MR) is 70.2 cm³/mol. The van der Waals surface area contributed by atoms with E-state index in [1.165, 1.54) is 16.2 Å². The number of nitrogens with zero attached hydrogens (tertiary/aromatic N) is 1. The molecule has 0 bridgehead atoms. The van der Waals surface area contributed by atoms with Crippen molar-refractivity contribution in [3.8, 4) is 0 Å². The number of imide groups is 1. The number of carbonyl (C=O) groups excluding carboxylic acids is 2. The van der Waals surface area contributed by atoms with Crippen molar-refractivity contribution in [1.82, 2.24) is 10.2 Å². The molecular formula is C12H17N3O2S. The number of nitrogens with two attached hydrogens (primary N) is 1. The highest BCUT2D eigenvalue weighted by Gasteiger charge is 2.50. The molecule has 2 heterocycles. The van der Waals surface area contributed by atoms with Crippen molar-refractivity contribution in [2.75, 3.05) is 6.54 Å². The Labute approximate surface area is 110 Å². The molecule has 1 aliphatic heterocycles. The van der Waals surface area contributed by atoms with Crippen LogP contribution >= 0.6 is 11.3 Å². The van der Waals surface area contributed by atoms with E-state index in [1.807, 2.05) is 17.5 Å². The molecule has 0 saturated carbocycles. The average Bonchev–Trinajstić information content (AvgIpc) is 2.82. The van der Waals surface area contributed by atoms with Gasteiger partial charge in [-0.25, -0.2) is 4.79 Å². The lowest BCUT2D eigenvalue weighted by Crippen LogP contribution is -2.48. The molecule has 6 heteroatoms. The van der Waals surface area contributed by atoms with Crippen LogP contribution in [0, 0.1) is 0 Å². The fraction of sp³-hybridized carbons (Fsp3) is 0.500. The summed E-state index contributed by atoms with van der Waals surface area (Å²) < 4.78 is 0. The van der Waals surface area contributed by atoms with Crippen molar-refractivity contribution >= 4 is 23.3 Å². The van der Waals surface area contributed by atoms with E-state index in [1.54, 1.807) is 20.8 Å². The number of amides is 3. The van der Waals surface area contributed by atoms with Gasteiger partial charge in [0, 0.05) is 17.0 Å². The van der Waals surface area contributed by atoms with Gasteiger partial charge in [-0.15, -0.1) is 11.3 Å². The van der Waals surface area contributed by atoms with E-state index in [0.29, 0.717) is 0 Å². The van der Waals surface area contributed by atoms with Crippen molar-refractivity contribution in [1.29, 1.82) is 0 Å². The van der Waals surface area contributed by atoms with Crippen LogP contribution in [0.25, 0.3) is 0 Å². The van der Waals surface area contributed by atoms with Gasteiger partial charge >= 0.3 is 6.03 Å². The van der Waals surface area contributed by atoms with Crippen molar-refractivity contribution in [2.45, 2.75) is 31.8 Å². The summed E-state index contributed by atoms with van der Waals surface area (Å²) >= 11 is 1.45. The smallest absolute Gasteiger partial charge is 0.324 e. The van der Waals surface area contributed by atoms with Crippen LogP contribution in [0.15, 0.2) is 17.5 Å². The summed E-state index contributed by atoms with van der Waals surface area (Å²) in [6, 6.07) is 3.33. The molecular weight excluding hydrogens is 250 g/mol. The first-order valence-corrected chi connectivity index (χ1v) is 6.59. The molecule has 0 radical (unpaired) electrons. The van der Waals surface area contributed by atoms with Gasteiger partial charge in [-0.3, -0.25) is 9.69 Å². The topological polar surface area (TPSA) is 75.4 Å². The average molecular weight is 267 g/mol. The van der Waals surface area contributed by atoms with Crippen LogP contribution in [0.4, 0.5) is 4.79 Å². The maximum atomic E-state index is 12.4. The van der Waals surface area contributed by atoms with Gasteiger partial charge in [-0.05, 0) is 32.2 Å². The standard InChI is InChI=1S/C12H17N3O2S/c1-11(2,13)7-15-9(16)12(3,14-10(15)17)8-5-4-6-18-8/h4-6H,7,13H2,1-3H3,(H,14,17). The minimum absolute atomic E-state index is 0.207. The summed E-state index contributed by atoms with van der Waals surface area (Å²) in [5.74, 6) is -0.242. The number of thiophene rings is 1. The molecule has 18 heavy (non-hydrogen) atoms. The first kappa shape index (κ1) is 13.0. The molecule has 98 valence electrons. The molecule has 3 amide bonds. The third-order valence-electron chi connectivity index (χ3n) is 2.85. The zero-order chi connectivity index (χ0) is 13.6. The van der Waals surface area contributed by atoms with E-state index >= 15 is 0 Å². The van der Waals surface area contributed by atoms with Gasteiger partial charge in [0.15, 0.2) is 5.54 Å². The summed E-state index contributed by atoms with van der Waals surface area (Å²) in [6.07, 6.45) is 0. The summed E-state index contributed by atoms with van der Waals surface area (Å²) in [5.41, 5.74) is 4.31. The normalized spacial score (nSPS) is 24.6. The molecule has 2 rings (SSSR count). The second-order valence-electron chi connectivity index (χ2n) is 5.41. The molecule has 5 nitrogen and oxygen atoms in total. The van der Waals surface area contributed by atoms with E-state index in [4.69, 9.17) is 5.73 Å². The summed E-state index contributed by atoms with van der Waals surface area (Å²) in [6.45, 7) is 5.50. The number of nitrogens with one attached hydrogen (secondary N) is 1. The van der Waals surface area contributed by atoms with Crippen molar-refractivity contribution < 1.29 is 9.59 Å². The largest absolute Gasteiger partial charge is 0.325 e. The van der Waals surface area contributed by atoms with Crippen LogP contribution < -0.4 is 11.1 Å². The van der Waals surface area contributed by atoms with Gasteiger partial charge in [0.2, 0.25) is 0 Å². The zero-order valence-corrected chi connectivity index (χ0v) is 11.5. The molecule has 1 saturated heterocycles. The van der Waals surface area contributed by atoms with Crippen molar-refractivity contribution in [2.24, 2.45) is 5.73 Å². The van der Waals surface area contributed by atoms with Crippen LogP contribution in [-0.4, -0.2) is 28.9 Å². The van der Waals surface area contributed by atoms with Crippen molar-refractivity contribution in [3.05, 3.63) is 22.4 Å². The fourth-order valence-corrected chi connectivity index (χ4v) is 2.81. The lowest BCUT2D eigenvalue weighted by molar-refractivity contribution is -0.131. The lowest BCUT2D eigenvalue weighted by Gasteiger charge is -2.25. The highest BCUT2D eigenvalue weighted by molar-refractivity contribution is 7.10. The van der Waals surface area contributed by atoms with Gasteiger partial charge in [0.1, 0.15) is 0 Å². The minimum atomic E-state index is -0.962. The van der Waals surface area contributed by atoms with E-state index in [2.05, 4.69) is 5.32 Å². The summed E-state index contributed by atoms with van der Waals surface area (Å²) in [7, 11) is 0. The second-order valence-corrected chi connectivity index (χ2v) is 6.36. The Bertz CT molecular complexity index is 478. The third-order valence-corrected chi connectivity index (χ3v) is 3.95. The highest BCUT2D eigenvalue weighted by Crippen LogP contribution is 2.32. The molecule has 1 aliphatic rings. The number of rotatable bonds is 3. The van der Waals surface area contributed by atoms with E-state index in [-0.39, 0.29) is 18.5 Å². The lowest BCUT2D eigenvalue weighted by atomic mass is 9.99. The van der Waals surface area contributed by atoms with Gasteiger partial charge in [-0.2, -0.15) is 0 Å².